The third kappa shape index (κ3) is 3.28. The van der Waals surface area contributed by atoms with Crippen molar-refractivity contribution >= 4 is 12.2 Å². The molecule has 130 valence electrons. The molecule has 2 aliphatic rings. The lowest BCUT2D eigenvalue weighted by molar-refractivity contribution is 0.00834. The minimum absolute atomic E-state index is 0.0337. The first kappa shape index (κ1) is 16.2. The van der Waals surface area contributed by atoms with Crippen LogP contribution in [-0.4, -0.2) is 17.7 Å². The lowest BCUT2D eigenvalue weighted by Crippen LogP contribution is -2.41. The van der Waals surface area contributed by atoms with Gasteiger partial charge in [-0.1, -0.05) is 24.6 Å². The van der Waals surface area contributed by atoms with E-state index in [1.54, 1.807) is 7.11 Å². The monoisotopic (exact) mass is 335 g/mol. The van der Waals surface area contributed by atoms with E-state index < -0.39 is 0 Å². The summed E-state index contributed by atoms with van der Waals surface area (Å²) in [6.45, 7) is 0. The smallest absolute Gasteiger partial charge is 0.165 e. The molecule has 1 aromatic carbocycles. The summed E-state index contributed by atoms with van der Waals surface area (Å²) in [5.74, 6) is 1.83. The number of aromatic nitrogens is 1. The van der Waals surface area contributed by atoms with Gasteiger partial charge in [-0.05, 0) is 67.9 Å². The van der Waals surface area contributed by atoms with Crippen LogP contribution in [0.2, 0.25) is 0 Å². The fourth-order valence-corrected chi connectivity index (χ4v) is 4.14. The second kappa shape index (κ2) is 6.91. The van der Waals surface area contributed by atoms with Crippen molar-refractivity contribution in [2.45, 2.75) is 50.5 Å². The number of ether oxygens (including phenoxy) is 2. The molecule has 0 saturated heterocycles. The third-order valence-corrected chi connectivity index (χ3v) is 5.56. The Bertz CT molecular complexity index is 761. The maximum Gasteiger partial charge on any atom is 0.165 e. The summed E-state index contributed by atoms with van der Waals surface area (Å²) in [7, 11) is 1.73. The van der Waals surface area contributed by atoms with Gasteiger partial charge >= 0.3 is 0 Å². The van der Waals surface area contributed by atoms with Gasteiger partial charge < -0.3 is 9.47 Å². The SMILES string of the molecule is COc1ccc(C=Cc2ccncc2)c2c1OC1(CCCCC1)CC2. The van der Waals surface area contributed by atoms with Crippen molar-refractivity contribution in [3.63, 3.8) is 0 Å². The Labute approximate surface area is 149 Å². The van der Waals surface area contributed by atoms with Gasteiger partial charge in [-0.2, -0.15) is 0 Å². The van der Waals surface area contributed by atoms with Gasteiger partial charge in [0.05, 0.1) is 7.11 Å². The summed E-state index contributed by atoms with van der Waals surface area (Å²) in [6, 6.07) is 8.20. The highest BCUT2D eigenvalue weighted by Gasteiger charge is 2.39. The van der Waals surface area contributed by atoms with Gasteiger partial charge in [-0.25, -0.2) is 0 Å². The molecule has 1 aliphatic heterocycles. The molecule has 0 amide bonds. The number of fused-ring (bicyclic) bond motifs is 1. The first-order valence-electron chi connectivity index (χ1n) is 9.27. The van der Waals surface area contributed by atoms with E-state index in [2.05, 4.69) is 23.2 Å². The van der Waals surface area contributed by atoms with Crippen LogP contribution in [0.1, 0.15) is 55.2 Å². The number of rotatable bonds is 3. The fourth-order valence-electron chi connectivity index (χ4n) is 4.14. The first-order chi connectivity index (χ1) is 12.3. The van der Waals surface area contributed by atoms with Gasteiger partial charge in [-0.15, -0.1) is 0 Å². The van der Waals surface area contributed by atoms with E-state index in [9.17, 15) is 0 Å². The standard InChI is InChI=1S/C22H25NO2/c1-24-20-8-7-18(6-5-17-10-15-23-16-11-17)19-9-14-22(25-21(19)20)12-3-2-4-13-22/h5-8,10-11,15-16H,2-4,9,12-14H2,1H3. The second-order valence-corrected chi connectivity index (χ2v) is 7.12. The molecule has 1 saturated carbocycles. The highest BCUT2D eigenvalue weighted by molar-refractivity contribution is 5.73. The molecule has 1 spiro atoms. The van der Waals surface area contributed by atoms with E-state index >= 15 is 0 Å². The molecule has 0 unspecified atom stereocenters. The zero-order valence-corrected chi connectivity index (χ0v) is 14.8. The van der Waals surface area contributed by atoms with Gasteiger partial charge in [0.2, 0.25) is 0 Å². The summed E-state index contributed by atoms with van der Waals surface area (Å²) in [5, 5.41) is 0. The predicted octanol–water partition coefficient (Wildman–Crippen LogP) is 5.29. The van der Waals surface area contributed by atoms with E-state index in [1.807, 2.05) is 30.6 Å². The topological polar surface area (TPSA) is 31.4 Å². The minimum Gasteiger partial charge on any atom is -0.493 e. The van der Waals surface area contributed by atoms with Crippen LogP contribution >= 0.6 is 0 Å². The Hall–Kier alpha value is -2.29. The number of methoxy groups -OCH3 is 1. The molecule has 25 heavy (non-hydrogen) atoms. The lowest BCUT2D eigenvalue weighted by atomic mass is 9.78. The number of pyridine rings is 1. The quantitative estimate of drug-likeness (QED) is 0.764. The third-order valence-electron chi connectivity index (χ3n) is 5.56. The predicted molar refractivity (Wildman–Crippen MR) is 101 cm³/mol. The molecule has 0 radical (unpaired) electrons. The summed E-state index contributed by atoms with van der Waals surface area (Å²) < 4.78 is 12.2. The largest absolute Gasteiger partial charge is 0.493 e. The summed E-state index contributed by atoms with van der Waals surface area (Å²) in [5.41, 5.74) is 3.69. The summed E-state index contributed by atoms with van der Waals surface area (Å²) in [4.78, 5) is 4.07. The normalized spacial score (nSPS) is 18.8. The van der Waals surface area contributed by atoms with Gasteiger partial charge in [0.1, 0.15) is 5.60 Å². The van der Waals surface area contributed by atoms with E-state index in [0.29, 0.717) is 0 Å². The Balaban J connectivity index is 1.67. The van der Waals surface area contributed by atoms with Gasteiger partial charge in [-0.3, -0.25) is 4.98 Å². The molecule has 0 N–H and O–H groups in total. The Kier molecular flexibility index (Phi) is 4.48. The Morgan fingerprint density at radius 2 is 1.80 bits per heavy atom. The van der Waals surface area contributed by atoms with Crippen molar-refractivity contribution in [1.82, 2.24) is 4.98 Å². The summed E-state index contributed by atoms with van der Waals surface area (Å²) >= 11 is 0. The average molecular weight is 335 g/mol. The van der Waals surface area contributed by atoms with Crippen LogP contribution in [0, 0.1) is 0 Å². The van der Waals surface area contributed by atoms with E-state index in [0.717, 1.165) is 29.9 Å². The molecule has 1 aromatic heterocycles. The number of hydrogen-bond donors (Lipinski definition) is 0. The van der Waals surface area contributed by atoms with Crippen molar-refractivity contribution in [2.24, 2.45) is 0 Å². The molecule has 1 aliphatic carbocycles. The molecule has 1 fully saturated rings. The van der Waals surface area contributed by atoms with Crippen molar-refractivity contribution in [2.75, 3.05) is 7.11 Å². The first-order valence-corrected chi connectivity index (χ1v) is 9.27. The maximum absolute atomic E-state index is 6.61. The van der Waals surface area contributed by atoms with Crippen molar-refractivity contribution in [3.8, 4) is 11.5 Å². The van der Waals surface area contributed by atoms with Crippen molar-refractivity contribution < 1.29 is 9.47 Å². The van der Waals surface area contributed by atoms with Crippen LogP contribution in [0.25, 0.3) is 12.2 Å². The Morgan fingerprint density at radius 3 is 2.56 bits per heavy atom. The van der Waals surface area contributed by atoms with Crippen LogP contribution in [0.15, 0.2) is 36.7 Å². The van der Waals surface area contributed by atoms with Crippen LogP contribution in [0.3, 0.4) is 0 Å². The van der Waals surface area contributed by atoms with Gasteiger partial charge in [0, 0.05) is 18.0 Å². The van der Waals surface area contributed by atoms with Crippen LogP contribution in [0.4, 0.5) is 0 Å². The molecule has 2 heterocycles. The van der Waals surface area contributed by atoms with E-state index in [1.165, 1.54) is 43.2 Å². The lowest BCUT2D eigenvalue weighted by Gasteiger charge is -2.42. The second-order valence-electron chi connectivity index (χ2n) is 7.12. The average Bonchev–Trinajstić information content (AvgIpc) is 2.67. The Morgan fingerprint density at radius 1 is 1.00 bits per heavy atom. The van der Waals surface area contributed by atoms with Crippen LogP contribution in [0.5, 0.6) is 11.5 Å². The molecule has 4 rings (SSSR count). The van der Waals surface area contributed by atoms with Gasteiger partial charge in [0.25, 0.3) is 0 Å². The zero-order valence-electron chi connectivity index (χ0n) is 14.8. The number of nitrogens with zero attached hydrogens (tertiary/aromatic N) is 1. The van der Waals surface area contributed by atoms with Gasteiger partial charge in [0.15, 0.2) is 11.5 Å². The minimum atomic E-state index is 0.0337. The molecule has 0 atom stereocenters. The van der Waals surface area contributed by atoms with Crippen LogP contribution in [-0.2, 0) is 6.42 Å². The molecule has 3 heteroatoms. The highest BCUT2D eigenvalue weighted by Crippen LogP contribution is 2.47. The molecular formula is C22H25NO2. The number of benzene rings is 1. The van der Waals surface area contributed by atoms with Crippen molar-refractivity contribution in [3.05, 3.63) is 53.3 Å². The van der Waals surface area contributed by atoms with E-state index in [-0.39, 0.29) is 5.60 Å². The maximum atomic E-state index is 6.61. The number of hydrogen-bond acceptors (Lipinski definition) is 3. The summed E-state index contributed by atoms with van der Waals surface area (Å²) in [6.07, 6.45) is 16.4. The molecule has 2 aromatic rings. The molecule has 0 bridgehead atoms. The zero-order chi connectivity index (χ0) is 17.1. The van der Waals surface area contributed by atoms with E-state index in [4.69, 9.17) is 9.47 Å². The van der Waals surface area contributed by atoms with Crippen LogP contribution < -0.4 is 9.47 Å². The molecule has 3 nitrogen and oxygen atoms in total. The van der Waals surface area contributed by atoms with Crippen molar-refractivity contribution in [1.29, 1.82) is 0 Å². The fraction of sp³-hybridized carbons (Fsp3) is 0.409. The molecular weight excluding hydrogens is 310 g/mol. The highest BCUT2D eigenvalue weighted by atomic mass is 16.5.